The smallest absolute Gasteiger partial charge is 0.351 e. The predicted molar refractivity (Wildman–Crippen MR) is 99.3 cm³/mol. The molecule has 4 rings (SSSR count). The van der Waals surface area contributed by atoms with Gasteiger partial charge in [0.1, 0.15) is 12.7 Å². The van der Waals surface area contributed by atoms with Gasteiger partial charge in [0.25, 0.3) is 0 Å². The molecule has 162 valence electrons. The van der Waals surface area contributed by atoms with E-state index in [1.807, 2.05) is 0 Å². The van der Waals surface area contributed by atoms with Crippen LogP contribution in [0.1, 0.15) is 33.9 Å². The normalized spacial score (nSPS) is 24.7. The molecule has 1 saturated heterocycles. The first-order valence-corrected chi connectivity index (χ1v) is 9.18. The topological polar surface area (TPSA) is 155 Å². The molecule has 0 radical (unpaired) electrons. The highest BCUT2D eigenvalue weighted by Crippen LogP contribution is 2.36. The average Bonchev–Trinajstić information content (AvgIpc) is 3.07. The van der Waals surface area contributed by atoms with E-state index in [2.05, 4.69) is 4.98 Å². The summed E-state index contributed by atoms with van der Waals surface area (Å²) in [5.74, 6) is -2.30. The molecule has 0 aliphatic carbocycles. The average molecular weight is 431 g/mol. The number of nitrogens with zero attached hydrogens (tertiary/aromatic N) is 2. The molecule has 0 unspecified atom stereocenters. The van der Waals surface area contributed by atoms with Crippen molar-refractivity contribution in [3.63, 3.8) is 0 Å². The molecule has 0 spiro atoms. The number of nitrogens with one attached hydrogen (secondary N) is 1. The fraction of sp³-hybridized carbons (Fsp3) is 0.316. The minimum atomic E-state index is -1.24. The molecule has 0 bridgehead atoms. The second-order valence-corrected chi connectivity index (χ2v) is 6.77. The number of fused-ring (bicyclic) bond motifs is 2. The Morgan fingerprint density at radius 3 is 2.35 bits per heavy atom. The second-order valence-electron chi connectivity index (χ2n) is 6.77. The number of carbonyl (C=O) groups is 3. The zero-order valence-corrected chi connectivity index (χ0v) is 16.1. The first-order chi connectivity index (χ1) is 14.9. The molecule has 12 heteroatoms. The molecule has 2 aromatic rings. The Hall–Kier alpha value is -3.77. The molecule has 3 heterocycles. The maximum absolute atomic E-state index is 12.8. The van der Waals surface area contributed by atoms with Gasteiger partial charge in [-0.2, -0.15) is 4.98 Å². The number of rotatable bonds is 4. The predicted octanol–water partition coefficient (Wildman–Crippen LogP) is 0.270. The zero-order chi connectivity index (χ0) is 22.1. The van der Waals surface area contributed by atoms with E-state index in [1.54, 1.807) is 17.6 Å². The molecule has 0 amide bonds. The van der Waals surface area contributed by atoms with Crippen molar-refractivity contribution in [2.75, 3.05) is 12.1 Å². The quantitative estimate of drug-likeness (QED) is 0.389. The second kappa shape index (κ2) is 8.16. The molecular formula is C19H17N3O9. The lowest BCUT2D eigenvalue weighted by Gasteiger charge is -2.27. The van der Waals surface area contributed by atoms with Crippen LogP contribution >= 0.6 is 0 Å². The number of carbonyl (C=O) groups excluding carboxylic acids is 3. The van der Waals surface area contributed by atoms with Gasteiger partial charge in [-0.15, -0.1) is 0 Å². The fourth-order valence-corrected chi connectivity index (χ4v) is 3.42. The summed E-state index contributed by atoms with van der Waals surface area (Å²) in [5, 5.41) is 8.93. The molecule has 1 aromatic carbocycles. The van der Waals surface area contributed by atoms with Crippen molar-refractivity contribution in [2.45, 2.75) is 31.5 Å². The minimum absolute atomic E-state index is 0.00145. The molecule has 1 fully saturated rings. The third kappa shape index (κ3) is 3.85. The van der Waals surface area contributed by atoms with E-state index in [0.717, 1.165) is 4.57 Å². The third-order valence-electron chi connectivity index (χ3n) is 4.81. The van der Waals surface area contributed by atoms with Crippen LogP contribution < -0.4 is 11.2 Å². The highest BCUT2D eigenvalue weighted by atomic mass is 16.7. The highest BCUT2D eigenvalue weighted by Gasteiger charge is 2.52. The molecule has 31 heavy (non-hydrogen) atoms. The van der Waals surface area contributed by atoms with Gasteiger partial charge >= 0.3 is 23.6 Å². The summed E-state index contributed by atoms with van der Waals surface area (Å²) in [6.07, 6.45) is -3.41. The summed E-state index contributed by atoms with van der Waals surface area (Å²) in [5.41, 5.74) is 0.926. The van der Waals surface area contributed by atoms with E-state index in [4.69, 9.17) is 24.2 Å². The van der Waals surface area contributed by atoms with E-state index < -0.39 is 48.1 Å². The van der Waals surface area contributed by atoms with Gasteiger partial charge < -0.3 is 18.9 Å². The van der Waals surface area contributed by atoms with Gasteiger partial charge in [-0.05, 0) is 18.2 Å². The van der Waals surface area contributed by atoms with Crippen molar-refractivity contribution in [3.05, 3.63) is 58.1 Å². The number of ether oxygens (including phenoxy) is 4. The van der Waals surface area contributed by atoms with Gasteiger partial charge in [-0.1, -0.05) is 12.1 Å². The van der Waals surface area contributed by atoms with Crippen LogP contribution in [0.3, 0.4) is 0 Å². The third-order valence-corrected chi connectivity index (χ3v) is 4.81. The van der Waals surface area contributed by atoms with Crippen LogP contribution in [-0.4, -0.2) is 57.6 Å². The number of benzene rings is 1. The Labute approximate surface area is 174 Å². The van der Waals surface area contributed by atoms with Crippen molar-refractivity contribution in [1.82, 2.24) is 9.55 Å². The molecular weight excluding hydrogens is 414 g/mol. The van der Waals surface area contributed by atoms with Gasteiger partial charge in [0.05, 0.1) is 11.1 Å². The molecule has 4 atom stereocenters. The fourth-order valence-electron chi connectivity index (χ4n) is 3.42. The van der Waals surface area contributed by atoms with E-state index >= 15 is 0 Å². The first kappa shape index (κ1) is 20.5. The number of hydrogen-bond donors (Lipinski definition) is 2. The van der Waals surface area contributed by atoms with Crippen LogP contribution in [0.4, 0.5) is 5.82 Å². The summed E-state index contributed by atoms with van der Waals surface area (Å²) in [6.45, 7) is 0.886. The number of hydrogen-bond acceptors (Lipinski definition) is 11. The standard InChI is InChI=1S/C19H17N3O9/c1-9(23)28-8-12-14-15(16(29-12)22-7-6-13(21-27)20-19(22)26)31-18(25)11-5-3-2-4-10(11)17(24)30-14/h2-7,12,14-16,27H,8H2,1H3,(H,20,21,26)/t12-,14-,15-,16-/m1/s1. The van der Waals surface area contributed by atoms with Crippen LogP contribution in [0.2, 0.25) is 0 Å². The van der Waals surface area contributed by atoms with E-state index in [-0.39, 0.29) is 23.6 Å². The molecule has 0 saturated carbocycles. The summed E-state index contributed by atoms with van der Waals surface area (Å²) >= 11 is 0. The van der Waals surface area contributed by atoms with Gasteiger partial charge in [-0.25, -0.2) is 14.4 Å². The Bertz CT molecular complexity index is 1100. The van der Waals surface area contributed by atoms with Crippen LogP contribution in [0.5, 0.6) is 0 Å². The molecule has 2 N–H and O–H groups in total. The summed E-state index contributed by atoms with van der Waals surface area (Å²) < 4.78 is 22.9. The lowest BCUT2D eigenvalue weighted by Crippen LogP contribution is -2.44. The highest BCUT2D eigenvalue weighted by molar-refractivity contribution is 6.03. The largest absolute Gasteiger partial charge is 0.463 e. The monoisotopic (exact) mass is 431 g/mol. The number of esters is 3. The van der Waals surface area contributed by atoms with Crippen molar-refractivity contribution < 1.29 is 38.5 Å². The zero-order valence-electron chi connectivity index (χ0n) is 16.1. The van der Waals surface area contributed by atoms with Gasteiger partial charge in [0.2, 0.25) is 0 Å². The molecule has 2 aliphatic heterocycles. The maximum atomic E-state index is 12.8. The van der Waals surface area contributed by atoms with Crippen LogP contribution in [-0.2, 0) is 23.7 Å². The van der Waals surface area contributed by atoms with E-state index in [9.17, 15) is 19.2 Å². The lowest BCUT2D eigenvalue weighted by molar-refractivity contribution is -0.147. The van der Waals surface area contributed by atoms with E-state index in [1.165, 1.54) is 31.3 Å². The minimum Gasteiger partial charge on any atom is -0.463 e. The van der Waals surface area contributed by atoms with Crippen molar-refractivity contribution in [3.8, 4) is 0 Å². The Balaban J connectivity index is 1.75. The molecule has 1 aromatic heterocycles. The van der Waals surface area contributed by atoms with Crippen molar-refractivity contribution >= 4 is 23.7 Å². The number of anilines is 1. The Morgan fingerprint density at radius 2 is 1.77 bits per heavy atom. The van der Waals surface area contributed by atoms with Gasteiger partial charge in [-0.3, -0.25) is 20.0 Å². The maximum Gasteiger partial charge on any atom is 0.351 e. The van der Waals surface area contributed by atoms with Crippen LogP contribution in [0, 0.1) is 0 Å². The van der Waals surface area contributed by atoms with Crippen molar-refractivity contribution in [1.29, 1.82) is 0 Å². The molecule has 12 nitrogen and oxygen atoms in total. The lowest BCUT2D eigenvalue weighted by atomic mass is 10.0. The van der Waals surface area contributed by atoms with Gasteiger partial charge in [0, 0.05) is 13.1 Å². The summed E-state index contributed by atoms with van der Waals surface area (Å²) in [4.78, 5) is 52.8. The summed E-state index contributed by atoms with van der Waals surface area (Å²) in [7, 11) is 0. The van der Waals surface area contributed by atoms with Gasteiger partial charge in [0.15, 0.2) is 24.3 Å². The Kier molecular flexibility index (Phi) is 5.40. The number of aromatic nitrogens is 2. The Morgan fingerprint density at radius 1 is 1.13 bits per heavy atom. The SMILES string of the molecule is CC(=O)OC[C@H]1O[C@@H](n2ccc(NO)nc2=O)[C@@H]2OC(=O)c3ccccc3C(=O)O[C@@H]21. The van der Waals surface area contributed by atoms with Crippen LogP contribution in [0.15, 0.2) is 41.3 Å². The summed E-state index contributed by atoms with van der Waals surface area (Å²) in [6, 6.07) is 7.25. The molecule has 2 aliphatic rings. The van der Waals surface area contributed by atoms with Crippen LogP contribution in [0.25, 0.3) is 0 Å². The first-order valence-electron chi connectivity index (χ1n) is 9.18. The van der Waals surface area contributed by atoms with Crippen molar-refractivity contribution in [2.24, 2.45) is 0 Å². The van der Waals surface area contributed by atoms with E-state index in [0.29, 0.717) is 0 Å².